The van der Waals surface area contributed by atoms with Crippen LogP contribution in [0.1, 0.15) is 5.56 Å². The molecule has 2 fully saturated rings. The van der Waals surface area contributed by atoms with E-state index in [2.05, 4.69) is 41.2 Å². The quantitative estimate of drug-likeness (QED) is 0.231. The molecule has 16 heteroatoms. The zero-order valence-electron chi connectivity index (χ0n) is 20.4. The molecule has 0 radical (unpaired) electrons. The van der Waals surface area contributed by atoms with Crippen molar-refractivity contribution in [3.8, 4) is 5.75 Å². The molecule has 0 spiro atoms. The van der Waals surface area contributed by atoms with Crippen LogP contribution in [0.25, 0.3) is 11.7 Å². The van der Waals surface area contributed by atoms with Gasteiger partial charge in [-0.05, 0) is 18.2 Å². The van der Waals surface area contributed by atoms with Gasteiger partial charge in [-0.3, -0.25) is 15.0 Å². The Balaban J connectivity index is 1.38. The number of halogens is 3. The van der Waals surface area contributed by atoms with Crippen molar-refractivity contribution in [2.24, 2.45) is 0 Å². The summed E-state index contributed by atoms with van der Waals surface area (Å²) in [5, 5.41) is 13.7. The van der Waals surface area contributed by atoms with Crippen LogP contribution in [0, 0.1) is 0 Å². The molecule has 3 aromatic rings. The van der Waals surface area contributed by atoms with Crippen molar-refractivity contribution in [2.45, 2.75) is 6.18 Å². The lowest BCUT2D eigenvalue weighted by molar-refractivity contribution is -0.116. The molecule has 2 aliphatic rings. The van der Waals surface area contributed by atoms with Crippen LogP contribution in [0.15, 0.2) is 36.2 Å². The summed E-state index contributed by atoms with van der Waals surface area (Å²) < 4.78 is 51.1. The predicted octanol–water partition coefficient (Wildman–Crippen LogP) is 1.73. The third-order valence-corrected chi connectivity index (χ3v) is 5.73. The number of fused-ring (bicyclic) bond motifs is 1. The van der Waals surface area contributed by atoms with Crippen molar-refractivity contribution in [1.82, 2.24) is 35.1 Å². The number of ether oxygens (including phenoxy) is 2. The van der Waals surface area contributed by atoms with Crippen LogP contribution in [0.5, 0.6) is 5.75 Å². The number of aromatic nitrogens is 4. The number of nitrogens with zero attached hydrogens (tertiary/aromatic N) is 5. The summed E-state index contributed by atoms with van der Waals surface area (Å²) in [4.78, 5) is 34.2. The van der Waals surface area contributed by atoms with E-state index >= 15 is 0 Å². The number of hydrogen-bond acceptors (Lipinski definition) is 10. The van der Waals surface area contributed by atoms with Gasteiger partial charge in [0.05, 0.1) is 19.4 Å². The van der Waals surface area contributed by atoms with Crippen LogP contribution in [-0.2, 0) is 9.53 Å². The molecule has 206 valence electrons. The van der Waals surface area contributed by atoms with Gasteiger partial charge in [0.25, 0.3) is 5.91 Å². The molecule has 0 atom stereocenters. The SMILES string of the molecule is O=C1NC(=O)/C(=C/c2cnn3c(NCC(F)(F)F)nc(Nc4cccc(OCCN5CCOCC5)c4)nc23)N1. The van der Waals surface area contributed by atoms with Crippen LogP contribution < -0.4 is 26.0 Å². The molecular formula is C23H24F3N9O4. The summed E-state index contributed by atoms with van der Waals surface area (Å²) >= 11 is 0. The number of hydrogen-bond donors (Lipinski definition) is 4. The zero-order valence-corrected chi connectivity index (χ0v) is 20.4. The summed E-state index contributed by atoms with van der Waals surface area (Å²) in [6.07, 6.45) is -1.90. The first-order chi connectivity index (χ1) is 18.7. The number of morpholine rings is 1. The van der Waals surface area contributed by atoms with Crippen LogP contribution in [0.3, 0.4) is 0 Å². The van der Waals surface area contributed by atoms with Crippen molar-refractivity contribution in [2.75, 3.05) is 56.6 Å². The molecule has 13 nitrogen and oxygen atoms in total. The van der Waals surface area contributed by atoms with E-state index in [4.69, 9.17) is 9.47 Å². The minimum atomic E-state index is -4.51. The Morgan fingerprint density at radius 2 is 1.97 bits per heavy atom. The van der Waals surface area contributed by atoms with E-state index in [9.17, 15) is 22.8 Å². The van der Waals surface area contributed by atoms with E-state index in [-0.39, 0.29) is 28.8 Å². The predicted molar refractivity (Wildman–Crippen MR) is 132 cm³/mol. The summed E-state index contributed by atoms with van der Waals surface area (Å²) in [5.41, 5.74) is 0.834. The molecule has 0 unspecified atom stereocenters. The number of rotatable bonds is 9. The monoisotopic (exact) mass is 547 g/mol. The average Bonchev–Trinajstić information content (AvgIpc) is 3.44. The summed E-state index contributed by atoms with van der Waals surface area (Å²) in [6.45, 7) is 2.94. The van der Waals surface area contributed by atoms with Crippen LogP contribution in [0.2, 0.25) is 0 Å². The maximum atomic E-state index is 12.9. The summed E-state index contributed by atoms with van der Waals surface area (Å²) in [7, 11) is 0. The molecular weight excluding hydrogens is 523 g/mol. The van der Waals surface area contributed by atoms with Gasteiger partial charge in [0.2, 0.25) is 11.9 Å². The number of imide groups is 1. The smallest absolute Gasteiger partial charge is 0.405 e. The molecule has 0 saturated carbocycles. The first-order valence-electron chi connectivity index (χ1n) is 11.9. The molecule has 2 saturated heterocycles. The number of carbonyl (C=O) groups excluding carboxylic acids is 2. The van der Waals surface area contributed by atoms with Crippen molar-refractivity contribution in [1.29, 1.82) is 0 Å². The Labute approximate surface area is 219 Å². The Hall–Kier alpha value is -4.44. The Morgan fingerprint density at radius 1 is 1.15 bits per heavy atom. The van der Waals surface area contributed by atoms with Gasteiger partial charge in [-0.2, -0.15) is 32.8 Å². The first-order valence-corrected chi connectivity index (χ1v) is 11.9. The molecule has 3 amide bonds. The number of alkyl halides is 3. The lowest BCUT2D eigenvalue weighted by atomic mass is 10.2. The van der Waals surface area contributed by atoms with E-state index in [1.165, 1.54) is 12.3 Å². The van der Waals surface area contributed by atoms with E-state index in [0.29, 0.717) is 31.3 Å². The Morgan fingerprint density at radius 3 is 2.72 bits per heavy atom. The van der Waals surface area contributed by atoms with E-state index in [0.717, 1.165) is 24.1 Å². The van der Waals surface area contributed by atoms with Gasteiger partial charge in [-0.1, -0.05) is 6.07 Å². The average molecular weight is 547 g/mol. The number of urea groups is 1. The highest BCUT2D eigenvalue weighted by Crippen LogP contribution is 2.24. The Bertz CT molecular complexity index is 1400. The molecule has 1 aromatic carbocycles. The summed E-state index contributed by atoms with van der Waals surface area (Å²) in [6, 6.07) is 6.28. The van der Waals surface area contributed by atoms with Gasteiger partial charge >= 0.3 is 12.2 Å². The molecule has 39 heavy (non-hydrogen) atoms. The maximum absolute atomic E-state index is 12.9. The van der Waals surface area contributed by atoms with Crippen LogP contribution >= 0.6 is 0 Å². The lowest BCUT2D eigenvalue weighted by Crippen LogP contribution is -2.38. The van der Waals surface area contributed by atoms with Gasteiger partial charge in [0, 0.05) is 37.0 Å². The second-order valence-electron chi connectivity index (χ2n) is 8.60. The van der Waals surface area contributed by atoms with Gasteiger partial charge in [-0.15, -0.1) is 0 Å². The third-order valence-electron chi connectivity index (χ3n) is 5.73. The van der Waals surface area contributed by atoms with Gasteiger partial charge in [-0.25, -0.2) is 4.79 Å². The van der Waals surface area contributed by atoms with E-state index in [1.54, 1.807) is 24.3 Å². The number of nitrogens with one attached hydrogen (secondary N) is 4. The highest BCUT2D eigenvalue weighted by atomic mass is 19.4. The van der Waals surface area contributed by atoms with Crippen molar-refractivity contribution >= 4 is 41.2 Å². The highest BCUT2D eigenvalue weighted by Gasteiger charge is 2.28. The number of amides is 3. The molecule has 0 bridgehead atoms. The highest BCUT2D eigenvalue weighted by molar-refractivity contribution is 6.14. The standard InChI is InChI=1S/C23H24F3N9O4/c24-23(25,26)13-27-21-33-20(31-18-14(12-28-35(18)21)10-17-19(36)32-22(37)30-17)29-15-2-1-3-16(11-15)39-9-6-34-4-7-38-8-5-34/h1-3,10-12H,4-9,13H2,(H2,27,29,31,33)(H2,30,32,36,37)/b17-10-. The largest absolute Gasteiger partial charge is 0.492 e. The number of benzene rings is 1. The van der Waals surface area contributed by atoms with Gasteiger partial charge in [0.1, 0.15) is 24.6 Å². The lowest BCUT2D eigenvalue weighted by Gasteiger charge is -2.26. The topological polar surface area (TPSA) is 147 Å². The molecule has 0 aliphatic carbocycles. The maximum Gasteiger partial charge on any atom is 0.405 e. The van der Waals surface area contributed by atoms with E-state index in [1.807, 2.05) is 0 Å². The van der Waals surface area contributed by atoms with Crippen molar-refractivity contribution in [3.05, 3.63) is 41.7 Å². The molecule has 4 N–H and O–H groups in total. The molecule has 2 aliphatic heterocycles. The zero-order chi connectivity index (χ0) is 27.4. The number of anilines is 3. The van der Waals surface area contributed by atoms with Crippen molar-refractivity contribution in [3.63, 3.8) is 0 Å². The first kappa shape index (κ1) is 26.2. The second kappa shape index (κ2) is 11.1. The normalized spacial score (nSPS) is 17.4. The van der Waals surface area contributed by atoms with Gasteiger partial charge in [0.15, 0.2) is 5.65 Å². The van der Waals surface area contributed by atoms with Crippen molar-refractivity contribution < 1.29 is 32.2 Å². The minimum absolute atomic E-state index is 0.0299. The molecule has 5 rings (SSSR count). The second-order valence-corrected chi connectivity index (χ2v) is 8.60. The molecule has 4 heterocycles. The fourth-order valence-electron chi connectivity index (χ4n) is 3.89. The minimum Gasteiger partial charge on any atom is -0.492 e. The van der Waals surface area contributed by atoms with E-state index < -0.39 is 24.7 Å². The summed E-state index contributed by atoms with van der Waals surface area (Å²) in [5.74, 6) is -0.338. The molecule has 2 aromatic heterocycles. The fraction of sp³-hybridized carbons (Fsp3) is 0.348. The van der Waals surface area contributed by atoms with Crippen LogP contribution in [-0.4, -0.2) is 88.6 Å². The third kappa shape index (κ3) is 6.71. The van der Waals surface area contributed by atoms with Gasteiger partial charge < -0.3 is 25.4 Å². The fourth-order valence-corrected chi connectivity index (χ4v) is 3.89. The number of carbonyl (C=O) groups is 2. The van der Waals surface area contributed by atoms with Crippen LogP contribution in [0.4, 0.5) is 35.5 Å². The Kier molecular flexibility index (Phi) is 7.47.